The van der Waals surface area contributed by atoms with E-state index in [2.05, 4.69) is 20.3 Å². The first-order valence-electron chi connectivity index (χ1n) is 7.20. The van der Waals surface area contributed by atoms with Crippen LogP contribution in [0.5, 0.6) is 0 Å². The van der Waals surface area contributed by atoms with Gasteiger partial charge >= 0.3 is 0 Å². The number of hydrogen-bond donors (Lipinski definition) is 0. The van der Waals surface area contributed by atoms with Gasteiger partial charge < -0.3 is 4.52 Å². The summed E-state index contributed by atoms with van der Waals surface area (Å²) in [7, 11) is 0. The number of halogens is 1. The molecular formula is C15H16ClN5OS. The molecule has 0 fully saturated rings. The van der Waals surface area contributed by atoms with Crippen LogP contribution in [0.25, 0.3) is 5.69 Å². The van der Waals surface area contributed by atoms with Crippen molar-refractivity contribution in [3.05, 3.63) is 47.3 Å². The molecule has 0 radical (unpaired) electrons. The minimum Gasteiger partial charge on any atom is -0.338 e. The van der Waals surface area contributed by atoms with Crippen molar-refractivity contribution in [2.45, 2.75) is 37.1 Å². The predicted octanol–water partition coefficient (Wildman–Crippen LogP) is 4.28. The zero-order chi connectivity index (χ0) is 16.4. The molecule has 0 amide bonds. The van der Waals surface area contributed by atoms with Crippen molar-refractivity contribution >= 4 is 23.4 Å². The van der Waals surface area contributed by atoms with Gasteiger partial charge in [-0.05, 0) is 25.1 Å². The molecule has 0 aliphatic rings. The van der Waals surface area contributed by atoms with E-state index in [9.17, 15) is 0 Å². The third-order valence-corrected chi connectivity index (χ3v) is 4.49. The molecule has 0 bridgehead atoms. The van der Waals surface area contributed by atoms with Gasteiger partial charge in [-0.2, -0.15) is 4.98 Å². The zero-order valence-electron chi connectivity index (χ0n) is 13.0. The highest BCUT2D eigenvalue weighted by Gasteiger charge is 2.20. The van der Waals surface area contributed by atoms with E-state index in [0.717, 1.165) is 10.8 Å². The second kappa shape index (κ2) is 6.72. The highest BCUT2D eigenvalue weighted by Crippen LogP contribution is 2.34. The Labute approximate surface area is 143 Å². The van der Waals surface area contributed by atoms with E-state index in [1.54, 1.807) is 6.33 Å². The maximum Gasteiger partial charge on any atom is 0.239 e. The van der Waals surface area contributed by atoms with Crippen LogP contribution in [-0.2, 0) is 0 Å². The Morgan fingerprint density at radius 1 is 1.26 bits per heavy atom. The van der Waals surface area contributed by atoms with Crippen molar-refractivity contribution in [1.29, 1.82) is 0 Å². The minimum atomic E-state index is -0.0304. The van der Waals surface area contributed by atoms with Crippen molar-refractivity contribution in [3.63, 3.8) is 0 Å². The summed E-state index contributed by atoms with van der Waals surface area (Å²) in [5.74, 6) is 1.53. The Balaban J connectivity index is 1.82. The van der Waals surface area contributed by atoms with Gasteiger partial charge in [-0.25, -0.2) is 0 Å². The normalized spacial score (nSPS) is 12.7. The summed E-state index contributed by atoms with van der Waals surface area (Å²) in [6, 6.07) is 7.54. The van der Waals surface area contributed by atoms with Crippen LogP contribution in [0, 0.1) is 0 Å². The van der Waals surface area contributed by atoms with Crippen LogP contribution in [0.15, 0.2) is 40.3 Å². The van der Waals surface area contributed by atoms with Crippen LogP contribution in [0.4, 0.5) is 0 Å². The molecule has 0 spiro atoms. The van der Waals surface area contributed by atoms with Crippen molar-refractivity contribution in [2.24, 2.45) is 0 Å². The van der Waals surface area contributed by atoms with Gasteiger partial charge in [0.2, 0.25) is 5.89 Å². The quantitative estimate of drug-likeness (QED) is 0.640. The molecule has 0 aliphatic carbocycles. The van der Waals surface area contributed by atoms with E-state index in [4.69, 9.17) is 16.1 Å². The van der Waals surface area contributed by atoms with Gasteiger partial charge in [0.05, 0.1) is 10.9 Å². The molecule has 0 saturated heterocycles. The molecule has 0 saturated carbocycles. The van der Waals surface area contributed by atoms with Crippen LogP contribution in [0.2, 0.25) is 5.02 Å². The Morgan fingerprint density at radius 3 is 2.78 bits per heavy atom. The largest absolute Gasteiger partial charge is 0.338 e. The minimum absolute atomic E-state index is 0.0304. The molecule has 120 valence electrons. The maximum atomic E-state index is 6.05. The Bertz CT molecular complexity index is 801. The average molecular weight is 350 g/mol. The van der Waals surface area contributed by atoms with Gasteiger partial charge in [0.1, 0.15) is 6.33 Å². The molecule has 1 unspecified atom stereocenters. The molecule has 8 heteroatoms. The van der Waals surface area contributed by atoms with Crippen molar-refractivity contribution in [1.82, 2.24) is 24.9 Å². The number of thioether (sulfide) groups is 1. The fourth-order valence-electron chi connectivity index (χ4n) is 1.96. The molecule has 6 nitrogen and oxygen atoms in total. The molecule has 1 atom stereocenters. The molecule has 0 aliphatic heterocycles. The van der Waals surface area contributed by atoms with Crippen molar-refractivity contribution in [3.8, 4) is 5.69 Å². The smallest absolute Gasteiger partial charge is 0.239 e. The first kappa shape index (κ1) is 16.0. The van der Waals surface area contributed by atoms with Gasteiger partial charge in [-0.3, -0.25) is 4.57 Å². The highest BCUT2D eigenvalue weighted by atomic mass is 35.5. The lowest BCUT2D eigenvalue weighted by molar-refractivity contribution is 0.373. The maximum absolute atomic E-state index is 6.05. The molecular weight excluding hydrogens is 334 g/mol. The monoisotopic (exact) mass is 349 g/mol. The second-order valence-corrected chi connectivity index (χ2v) is 7.11. The lowest BCUT2D eigenvalue weighted by Crippen LogP contribution is -1.98. The molecule has 3 aromatic rings. The topological polar surface area (TPSA) is 69.6 Å². The van der Waals surface area contributed by atoms with Gasteiger partial charge in [0.25, 0.3) is 0 Å². The number of nitrogens with zero attached hydrogens (tertiary/aromatic N) is 5. The van der Waals surface area contributed by atoms with Crippen LogP contribution in [-0.4, -0.2) is 24.9 Å². The van der Waals surface area contributed by atoms with Gasteiger partial charge in [-0.15, -0.1) is 10.2 Å². The van der Waals surface area contributed by atoms with Gasteiger partial charge in [0, 0.05) is 10.9 Å². The first-order chi connectivity index (χ1) is 11.0. The van der Waals surface area contributed by atoms with Gasteiger partial charge in [0.15, 0.2) is 11.0 Å². The molecule has 2 aromatic heterocycles. The van der Waals surface area contributed by atoms with Gasteiger partial charge in [-0.1, -0.05) is 48.4 Å². The standard InChI is InChI=1S/C15H16ClN5OS/c1-9(2)13-18-14(22-20-13)10(3)23-15-19-17-8-21(15)12-6-4-5-11(16)7-12/h4-10H,1-3H3. The lowest BCUT2D eigenvalue weighted by atomic mass is 10.2. The first-order valence-corrected chi connectivity index (χ1v) is 8.46. The summed E-state index contributed by atoms with van der Waals surface area (Å²) < 4.78 is 7.22. The SMILES string of the molecule is CC(C)c1noc(C(C)Sc2nncn2-c2cccc(Cl)c2)n1. The van der Waals surface area contributed by atoms with Crippen molar-refractivity contribution < 1.29 is 4.52 Å². The van der Waals surface area contributed by atoms with E-state index in [1.807, 2.05) is 49.6 Å². The molecule has 23 heavy (non-hydrogen) atoms. The number of benzene rings is 1. The average Bonchev–Trinajstić information content (AvgIpc) is 3.16. The summed E-state index contributed by atoms with van der Waals surface area (Å²) in [6.45, 7) is 6.06. The fraction of sp³-hybridized carbons (Fsp3) is 0.333. The summed E-state index contributed by atoms with van der Waals surface area (Å²) in [6.07, 6.45) is 1.66. The molecule has 2 heterocycles. The van der Waals surface area contributed by atoms with E-state index in [-0.39, 0.29) is 11.2 Å². The summed E-state index contributed by atoms with van der Waals surface area (Å²) in [5.41, 5.74) is 0.908. The number of hydrogen-bond acceptors (Lipinski definition) is 6. The number of rotatable bonds is 5. The lowest BCUT2D eigenvalue weighted by Gasteiger charge is -2.08. The second-order valence-electron chi connectivity index (χ2n) is 5.37. The number of aromatic nitrogens is 5. The van der Waals surface area contributed by atoms with Crippen molar-refractivity contribution in [2.75, 3.05) is 0 Å². The fourth-order valence-corrected chi connectivity index (χ4v) is 3.02. The van der Waals surface area contributed by atoms with Crippen LogP contribution in [0.1, 0.15) is 43.7 Å². The Kier molecular flexibility index (Phi) is 4.68. The van der Waals surface area contributed by atoms with E-state index in [1.165, 1.54) is 11.8 Å². The summed E-state index contributed by atoms with van der Waals surface area (Å²) >= 11 is 7.56. The Hall–Kier alpha value is -1.86. The Morgan fingerprint density at radius 2 is 2.09 bits per heavy atom. The highest BCUT2D eigenvalue weighted by molar-refractivity contribution is 7.99. The van der Waals surface area contributed by atoms with E-state index < -0.39 is 0 Å². The predicted molar refractivity (Wildman–Crippen MR) is 89.0 cm³/mol. The molecule has 3 rings (SSSR count). The van der Waals surface area contributed by atoms with E-state index in [0.29, 0.717) is 16.7 Å². The summed E-state index contributed by atoms with van der Waals surface area (Å²) in [5, 5.41) is 13.5. The third kappa shape index (κ3) is 3.56. The molecule has 0 N–H and O–H groups in total. The zero-order valence-corrected chi connectivity index (χ0v) is 14.5. The molecule has 1 aromatic carbocycles. The summed E-state index contributed by atoms with van der Waals surface area (Å²) in [4.78, 5) is 4.43. The van der Waals surface area contributed by atoms with Crippen LogP contribution >= 0.6 is 23.4 Å². The van der Waals surface area contributed by atoms with Crippen LogP contribution in [0.3, 0.4) is 0 Å². The van der Waals surface area contributed by atoms with E-state index >= 15 is 0 Å². The van der Waals surface area contributed by atoms with Crippen LogP contribution < -0.4 is 0 Å². The third-order valence-electron chi connectivity index (χ3n) is 3.21.